The first-order valence-corrected chi connectivity index (χ1v) is 6.88. The predicted molar refractivity (Wildman–Crippen MR) is 86.9 cm³/mol. The van der Waals surface area contributed by atoms with Crippen LogP contribution in [0.4, 0.5) is 5.69 Å². The van der Waals surface area contributed by atoms with Crippen LogP contribution in [0.1, 0.15) is 5.56 Å². The molecule has 4 heteroatoms. The lowest BCUT2D eigenvalue weighted by molar-refractivity contribution is 1.35. The van der Waals surface area contributed by atoms with Crippen LogP contribution in [-0.4, -0.2) is 6.21 Å². The summed E-state index contributed by atoms with van der Waals surface area (Å²) >= 11 is 9.45. The van der Waals surface area contributed by atoms with E-state index in [0.717, 1.165) is 15.7 Å². The fourth-order valence-electron chi connectivity index (χ4n) is 1.46. The average molecular weight is 336 g/mol. The van der Waals surface area contributed by atoms with Crippen molar-refractivity contribution in [2.45, 2.75) is 0 Å². The third-order valence-electron chi connectivity index (χ3n) is 2.35. The molecule has 0 aliphatic heterocycles. The SMILES string of the molecule is Clc1ccccc1NN=CC(Br)=Cc1ccccc1. The van der Waals surface area contributed by atoms with E-state index in [1.807, 2.05) is 60.7 Å². The number of nitrogens with one attached hydrogen (secondary N) is 1. The summed E-state index contributed by atoms with van der Waals surface area (Å²) in [5.74, 6) is 0. The van der Waals surface area contributed by atoms with Gasteiger partial charge in [-0.15, -0.1) is 0 Å². The molecule has 0 fully saturated rings. The molecule has 2 rings (SSSR count). The maximum absolute atomic E-state index is 6.01. The maximum Gasteiger partial charge on any atom is 0.0748 e. The number of rotatable bonds is 4. The predicted octanol–water partition coefficient (Wildman–Crippen LogP) is 5.17. The van der Waals surface area contributed by atoms with Crippen molar-refractivity contribution in [3.8, 4) is 0 Å². The molecule has 0 radical (unpaired) electrons. The van der Waals surface area contributed by atoms with E-state index < -0.39 is 0 Å². The molecule has 2 aromatic carbocycles. The summed E-state index contributed by atoms with van der Waals surface area (Å²) in [7, 11) is 0. The van der Waals surface area contributed by atoms with Crippen LogP contribution in [0, 0.1) is 0 Å². The lowest BCUT2D eigenvalue weighted by atomic mass is 10.2. The molecule has 0 saturated carbocycles. The Morgan fingerprint density at radius 2 is 1.74 bits per heavy atom. The first kappa shape index (κ1) is 13.8. The first-order valence-electron chi connectivity index (χ1n) is 5.71. The number of nitrogens with zero attached hydrogens (tertiary/aromatic N) is 1. The van der Waals surface area contributed by atoms with Crippen molar-refractivity contribution in [2.75, 3.05) is 5.43 Å². The standard InChI is InChI=1S/C15H12BrClN2/c16-13(10-12-6-2-1-3-7-12)11-18-19-15-9-5-4-8-14(15)17/h1-11,19H. The number of hydrogen-bond donors (Lipinski definition) is 1. The van der Waals surface area contributed by atoms with E-state index in [0.29, 0.717) is 5.02 Å². The fourth-order valence-corrected chi connectivity index (χ4v) is 2.01. The molecule has 2 aromatic rings. The molecule has 0 spiro atoms. The zero-order valence-electron chi connectivity index (χ0n) is 10.1. The zero-order valence-corrected chi connectivity index (χ0v) is 12.4. The zero-order chi connectivity index (χ0) is 13.5. The monoisotopic (exact) mass is 334 g/mol. The van der Waals surface area contributed by atoms with Crippen LogP contribution < -0.4 is 5.43 Å². The second kappa shape index (κ2) is 7.12. The van der Waals surface area contributed by atoms with Crippen molar-refractivity contribution in [2.24, 2.45) is 5.10 Å². The normalized spacial score (nSPS) is 11.8. The highest BCUT2D eigenvalue weighted by molar-refractivity contribution is 9.12. The van der Waals surface area contributed by atoms with Crippen LogP contribution in [0.25, 0.3) is 6.08 Å². The van der Waals surface area contributed by atoms with Crippen molar-refractivity contribution in [1.82, 2.24) is 0 Å². The Balaban J connectivity index is 2.00. The van der Waals surface area contributed by atoms with Crippen molar-refractivity contribution in [1.29, 1.82) is 0 Å². The molecular weight excluding hydrogens is 324 g/mol. The Morgan fingerprint density at radius 1 is 1.05 bits per heavy atom. The molecule has 0 atom stereocenters. The van der Waals surface area contributed by atoms with E-state index in [-0.39, 0.29) is 0 Å². The van der Waals surface area contributed by atoms with Gasteiger partial charge in [0, 0.05) is 4.48 Å². The average Bonchev–Trinajstić information content (AvgIpc) is 2.42. The minimum Gasteiger partial charge on any atom is -0.277 e. The van der Waals surface area contributed by atoms with E-state index in [1.54, 1.807) is 6.21 Å². The van der Waals surface area contributed by atoms with Gasteiger partial charge in [0.25, 0.3) is 0 Å². The molecule has 0 aliphatic rings. The van der Waals surface area contributed by atoms with Gasteiger partial charge in [0.1, 0.15) is 0 Å². The topological polar surface area (TPSA) is 24.4 Å². The first-order chi connectivity index (χ1) is 9.25. The Hall–Kier alpha value is -1.58. The van der Waals surface area contributed by atoms with Gasteiger partial charge < -0.3 is 0 Å². The number of allylic oxidation sites excluding steroid dienone is 1. The third-order valence-corrected chi connectivity index (χ3v) is 3.11. The molecule has 0 heterocycles. The molecule has 2 nitrogen and oxygen atoms in total. The summed E-state index contributed by atoms with van der Waals surface area (Å²) in [6.07, 6.45) is 3.67. The number of hydrogen-bond acceptors (Lipinski definition) is 2. The second-order valence-corrected chi connectivity index (χ2v) is 5.11. The highest BCUT2D eigenvalue weighted by Crippen LogP contribution is 2.20. The van der Waals surface area contributed by atoms with Crippen LogP contribution in [0.15, 0.2) is 64.2 Å². The molecule has 0 aliphatic carbocycles. The lowest BCUT2D eigenvalue weighted by Gasteiger charge is -2.01. The minimum absolute atomic E-state index is 0.641. The molecule has 0 saturated heterocycles. The van der Waals surface area contributed by atoms with Crippen LogP contribution in [0.5, 0.6) is 0 Å². The van der Waals surface area contributed by atoms with Gasteiger partial charge in [0.2, 0.25) is 0 Å². The quantitative estimate of drug-likeness (QED) is 0.604. The molecule has 1 N–H and O–H groups in total. The molecule has 96 valence electrons. The van der Waals surface area contributed by atoms with Gasteiger partial charge in [-0.05, 0) is 39.7 Å². The second-order valence-electron chi connectivity index (χ2n) is 3.79. The van der Waals surface area contributed by atoms with Crippen molar-refractivity contribution >= 4 is 45.5 Å². The van der Waals surface area contributed by atoms with Crippen LogP contribution >= 0.6 is 27.5 Å². The van der Waals surface area contributed by atoms with Gasteiger partial charge in [0.15, 0.2) is 0 Å². The van der Waals surface area contributed by atoms with Gasteiger partial charge in [0.05, 0.1) is 16.9 Å². The molecule has 0 bridgehead atoms. The highest BCUT2D eigenvalue weighted by atomic mass is 79.9. The fraction of sp³-hybridized carbons (Fsp3) is 0. The Kier molecular flexibility index (Phi) is 5.19. The maximum atomic E-state index is 6.01. The van der Waals surface area contributed by atoms with E-state index in [9.17, 15) is 0 Å². The van der Waals surface area contributed by atoms with E-state index >= 15 is 0 Å². The highest BCUT2D eigenvalue weighted by Gasteiger charge is 1.95. The largest absolute Gasteiger partial charge is 0.277 e. The van der Waals surface area contributed by atoms with Gasteiger partial charge in [-0.25, -0.2) is 0 Å². The number of halogens is 2. The smallest absolute Gasteiger partial charge is 0.0748 e. The number of para-hydroxylation sites is 1. The Bertz CT molecular complexity index is 594. The number of hydrazone groups is 1. The van der Waals surface area contributed by atoms with Gasteiger partial charge in [-0.2, -0.15) is 5.10 Å². The number of anilines is 1. The summed E-state index contributed by atoms with van der Waals surface area (Å²) < 4.78 is 0.873. The third kappa shape index (κ3) is 4.54. The van der Waals surface area contributed by atoms with E-state index in [4.69, 9.17) is 11.6 Å². The summed E-state index contributed by atoms with van der Waals surface area (Å²) in [5.41, 5.74) is 4.78. The summed E-state index contributed by atoms with van der Waals surface area (Å²) in [4.78, 5) is 0. The van der Waals surface area contributed by atoms with Crippen molar-refractivity contribution in [3.63, 3.8) is 0 Å². The lowest BCUT2D eigenvalue weighted by Crippen LogP contribution is -1.89. The molecule has 0 unspecified atom stereocenters. The minimum atomic E-state index is 0.641. The Labute approximate surface area is 125 Å². The van der Waals surface area contributed by atoms with E-state index in [1.165, 1.54) is 0 Å². The molecule has 0 amide bonds. The summed E-state index contributed by atoms with van der Waals surface area (Å²) in [5, 5.41) is 4.77. The molecule has 19 heavy (non-hydrogen) atoms. The van der Waals surface area contributed by atoms with Crippen LogP contribution in [0.2, 0.25) is 5.02 Å². The molecule has 0 aromatic heterocycles. The van der Waals surface area contributed by atoms with E-state index in [2.05, 4.69) is 26.5 Å². The van der Waals surface area contributed by atoms with Crippen molar-refractivity contribution in [3.05, 3.63) is 69.7 Å². The van der Waals surface area contributed by atoms with Crippen molar-refractivity contribution < 1.29 is 0 Å². The summed E-state index contributed by atoms with van der Waals surface area (Å²) in [6.45, 7) is 0. The van der Waals surface area contributed by atoms with Gasteiger partial charge in [-0.1, -0.05) is 54.1 Å². The van der Waals surface area contributed by atoms with Crippen LogP contribution in [-0.2, 0) is 0 Å². The summed E-state index contributed by atoms with van der Waals surface area (Å²) in [6, 6.07) is 17.5. The van der Waals surface area contributed by atoms with Crippen LogP contribution in [0.3, 0.4) is 0 Å². The molecular formula is C15H12BrClN2. The number of benzene rings is 2. The van der Waals surface area contributed by atoms with Gasteiger partial charge >= 0.3 is 0 Å². The Morgan fingerprint density at radius 3 is 2.47 bits per heavy atom. The van der Waals surface area contributed by atoms with Gasteiger partial charge in [-0.3, -0.25) is 5.43 Å².